The van der Waals surface area contributed by atoms with Crippen LogP contribution in [0, 0.1) is 6.19 Å². The monoisotopic (exact) mass is 371 g/mol. The van der Waals surface area contributed by atoms with Crippen molar-refractivity contribution in [3.63, 3.8) is 0 Å². The highest BCUT2D eigenvalue weighted by molar-refractivity contribution is 7.89. The van der Waals surface area contributed by atoms with Gasteiger partial charge in [0.25, 0.3) is 10.0 Å². The van der Waals surface area contributed by atoms with Crippen LogP contribution in [-0.4, -0.2) is 22.7 Å². The first-order valence-electron chi connectivity index (χ1n) is 6.42. The van der Waals surface area contributed by atoms with Gasteiger partial charge in [-0.2, -0.15) is 5.43 Å². The van der Waals surface area contributed by atoms with Crippen molar-refractivity contribution in [3.8, 4) is 6.19 Å². The summed E-state index contributed by atoms with van der Waals surface area (Å²) >= 11 is 7.16. The predicted octanol–water partition coefficient (Wildman–Crippen LogP) is 1.76. The van der Waals surface area contributed by atoms with Gasteiger partial charge < -0.3 is 0 Å². The number of hydrazine groups is 4. The molecule has 120 valence electrons. The van der Waals surface area contributed by atoms with Crippen LogP contribution >= 0.6 is 23.1 Å². The van der Waals surface area contributed by atoms with Crippen LogP contribution < -0.4 is 11.0 Å². The smallest absolute Gasteiger partial charge is 0.202 e. The molecule has 1 aliphatic heterocycles. The maximum atomic E-state index is 12.8. The highest BCUT2D eigenvalue weighted by atomic mass is 35.5. The molecule has 0 amide bonds. The Morgan fingerprint density at radius 1 is 1.30 bits per heavy atom. The van der Waals surface area contributed by atoms with E-state index in [2.05, 4.69) is 22.1 Å². The molecule has 1 aliphatic rings. The summed E-state index contributed by atoms with van der Waals surface area (Å²) in [5, 5.41) is 2.93. The molecular weight excluding hydrogens is 360 g/mol. The van der Waals surface area contributed by atoms with Crippen LogP contribution in [0.25, 0.3) is 4.95 Å². The van der Waals surface area contributed by atoms with Crippen LogP contribution in [0.3, 0.4) is 0 Å². The number of nitrogens with zero attached hydrogens (tertiary/aromatic N) is 4. The molecule has 3 rings (SSSR count). The fourth-order valence-corrected chi connectivity index (χ4v) is 3.77. The maximum absolute atomic E-state index is 12.8. The lowest BCUT2D eigenvalue weighted by molar-refractivity contribution is -0.000114. The van der Waals surface area contributed by atoms with Crippen molar-refractivity contribution in [2.75, 3.05) is 0 Å². The van der Waals surface area contributed by atoms with Gasteiger partial charge in [-0.05, 0) is 28.5 Å². The molecule has 0 atom stereocenters. The van der Waals surface area contributed by atoms with E-state index in [9.17, 15) is 8.42 Å². The molecule has 1 aromatic carbocycles. The summed E-state index contributed by atoms with van der Waals surface area (Å²) in [6.07, 6.45) is 2.44. The summed E-state index contributed by atoms with van der Waals surface area (Å²) in [5.74, 6) is 0. The summed E-state index contributed by atoms with van der Waals surface area (Å²) in [4.78, 5) is 4.70. The van der Waals surface area contributed by atoms with E-state index in [0.29, 0.717) is 6.54 Å². The van der Waals surface area contributed by atoms with E-state index in [-0.39, 0.29) is 4.90 Å². The molecule has 0 aliphatic carbocycles. The van der Waals surface area contributed by atoms with Crippen LogP contribution in [0.2, 0.25) is 0 Å². The van der Waals surface area contributed by atoms with Gasteiger partial charge in [0.05, 0.1) is 25.8 Å². The third-order valence-corrected chi connectivity index (χ3v) is 5.47. The van der Waals surface area contributed by atoms with Gasteiger partial charge in [0.1, 0.15) is 0 Å². The molecule has 2 N–H and O–H groups in total. The Kier molecular flexibility index (Phi) is 4.67. The predicted molar refractivity (Wildman–Crippen MR) is 86.5 cm³/mol. The second-order valence-corrected chi connectivity index (χ2v) is 7.47. The fourth-order valence-electron chi connectivity index (χ4n) is 1.80. The number of thiophene rings is 1. The number of benzene rings is 1. The number of nitrogens with one attached hydrogen (secondary N) is 2. The van der Waals surface area contributed by atoms with Crippen LogP contribution in [-0.2, 0) is 16.6 Å². The fraction of sp³-hybridized carbons (Fsp3) is 0.0833. The van der Waals surface area contributed by atoms with Gasteiger partial charge in [0.2, 0.25) is 0 Å². The first kappa shape index (κ1) is 16.0. The third-order valence-electron chi connectivity index (χ3n) is 2.82. The average Bonchev–Trinajstić information content (AvgIpc) is 3.20. The topological polar surface area (TPSA) is 72.3 Å². The molecule has 8 nitrogen and oxygen atoms in total. The Morgan fingerprint density at radius 2 is 2.09 bits per heavy atom. The molecule has 0 bridgehead atoms. The van der Waals surface area contributed by atoms with Crippen molar-refractivity contribution in [2.24, 2.45) is 0 Å². The summed E-state index contributed by atoms with van der Waals surface area (Å²) < 4.78 is 27.4. The zero-order valence-electron chi connectivity index (χ0n) is 11.6. The van der Waals surface area contributed by atoms with Gasteiger partial charge in [-0.1, -0.05) is 24.3 Å². The largest absolute Gasteiger partial charge is 0.457 e. The van der Waals surface area contributed by atoms with Crippen molar-refractivity contribution in [3.05, 3.63) is 57.7 Å². The molecule has 23 heavy (non-hydrogen) atoms. The van der Waals surface area contributed by atoms with E-state index in [1.807, 2.05) is 17.5 Å². The number of sulfonamides is 1. The molecule has 11 heteroatoms. The average molecular weight is 372 g/mol. The van der Waals surface area contributed by atoms with Gasteiger partial charge in [-0.3, -0.25) is 0 Å². The Hall–Kier alpha value is -1.87. The van der Waals surface area contributed by atoms with E-state index < -0.39 is 10.0 Å². The third kappa shape index (κ3) is 3.56. The van der Waals surface area contributed by atoms with Gasteiger partial charge >= 0.3 is 6.19 Å². The normalized spacial score (nSPS) is 14.2. The van der Waals surface area contributed by atoms with Crippen molar-refractivity contribution >= 4 is 33.1 Å². The summed E-state index contributed by atoms with van der Waals surface area (Å²) in [6, 6.07) is 11.8. The van der Waals surface area contributed by atoms with E-state index in [4.69, 9.17) is 11.8 Å². The van der Waals surface area contributed by atoms with E-state index in [1.165, 1.54) is 23.5 Å². The maximum Gasteiger partial charge on any atom is 0.457 e. The number of rotatable bonds is 6. The van der Waals surface area contributed by atoms with Crippen LogP contribution in [0.4, 0.5) is 0 Å². The molecular formula is C12H12ClN6O2S2+. The Labute approximate surface area is 142 Å². The number of hydrogen-bond donors (Lipinski definition) is 2. The van der Waals surface area contributed by atoms with Gasteiger partial charge in [-0.25, -0.2) is 8.42 Å². The lowest BCUT2D eigenvalue weighted by atomic mass is 10.4. The number of halogens is 1. The second kappa shape index (κ2) is 6.71. The molecule has 0 unspecified atom stereocenters. The van der Waals surface area contributed by atoms with Crippen molar-refractivity contribution < 1.29 is 8.42 Å². The molecule has 0 saturated carbocycles. The SMILES string of the molecule is O=S(=O)(c1ccccc1)N(NCc1cccs1)N1C#[N+]N(Cl)N1. The molecule has 2 heterocycles. The first-order valence-corrected chi connectivity index (χ1v) is 9.08. The molecule has 0 fully saturated rings. The molecule has 1 aromatic heterocycles. The zero-order chi connectivity index (χ0) is 16.3. The van der Waals surface area contributed by atoms with Gasteiger partial charge in [0, 0.05) is 22.1 Å². The van der Waals surface area contributed by atoms with Crippen LogP contribution in [0.5, 0.6) is 0 Å². The standard InChI is InChI=1S/C12H12ClN6O2S2/c13-18-15-10-17(16-18)19(14-9-11-5-4-8-22-11)23(20,21)12-6-2-1-3-7-12/h1-8,14,16H,9H2/q+1. The summed E-state index contributed by atoms with van der Waals surface area (Å²) in [5.41, 5.74) is 5.34. The lowest BCUT2D eigenvalue weighted by Crippen LogP contribution is -2.56. The van der Waals surface area contributed by atoms with E-state index >= 15 is 0 Å². The van der Waals surface area contributed by atoms with Crippen LogP contribution in [0.1, 0.15) is 4.88 Å². The van der Waals surface area contributed by atoms with Crippen molar-refractivity contribution in [1.82, 2.24) is 25.2 Å². The summed E-state index contributed by atoms with van der Waals surface area (Å²) in [7, 11) is -3.88. The van der Waals surface area contributed by atoms with Gasteiger partial charge in [-0.15, -0.1) is 11.3 Å². The Balaban J connectivity index is 1.87. The Bertz CT molecular complexity index is 818. The minimum Gasteiger partial charge on any atom is -0.202 e. The highest BCUT2D eigenvalue weighted by Gasteiger charge is 2.40. The van der Waals surface area contributed by atoms with Crippen LogP contribution in [0.15, 0.2) is 52.7 Å². The highest BCUT2D eigenvalue weighted by Crippen LogP contribution is 2.17. The quantitative estimate of drug-likeness (QED) is 0.458. The summed E-state index contributed by atoms with van der Waals surface area (Å²) in [6.45, 7) is 0.311. The lowest BCUT2D eigenvalue weighted by Gasteiger charge is -2.20. The molecule has 0 saturated heterocycles. The zero-order valence-corrected chi connectivity index (χ0v) is 14.0. The van der Waals surface area contributed by atoms with Crippen molar-refractivity contribution in [1.29, 1.82) is 0 Å². The molecule has 0 spiro atoms. The molecule has 0 radical (unpaired) electrons. The Morgan fingerprint density at radius 3 is 2.70 bits per heavy atom. The van der Waals surface area contributed by atoms with E-state index in [0.717, 1.165) is 19.2 Å². The first-order chi connectivity index (χ1) is 11.1. The second-order valence-electron chi connectivity index (χ2n) is 4.35. The minimum atomic E-state index is -3.88. The van der Waals surface area contributed by atoms with Crippen molar-refractivity contribution in [2.45, 2.75) is 11.4 Å². The minimum absolute atomic E-state index is 0.121. The van der Waals surface area contributed by atoms with E-state index in [1.54, 1.807) is 18.2 Å². The van der Waals surface area contributed by atoms with Gasteiger partial charge in [0.15, 0.2) is 0 Å². The molecule has 2 aromatic rings. The number of hydrogen-bond acceptors (Lipinski definition) is 7.